The molecule has 2 heteroatoms. The Bertz CT molecular complexity index is 853. The summed E-state index contributed by atoms with van der Waals surface area (Å²) in [6.45, 7) is 6.97. The van der Waals surface area contributed by atoms with Crippen LogP contribution in [0.15, 0.2) is 18.7 Å². The van der Waals surface area contributed by atoms with Gasteiger partial charge in [-0.05, 0) is 31.6 Å². The van der Waals surface area contributed by atoms with Crippen molar-refractivity contribution in [2.24, 2.45) is 13.0 Å². The Morgan fingerprint density at radius 1 is 0.310 bits per heavy atom. The molecule has 344 valence electrons. The Kier molecular flexibility index (Phi) is 43.5. The molecule has 1 aromatic heterocycles. The molecule has 1 rings (SSSR count). The summed E-state index contributed by atoms with van der Waals surface area (Å²) in [5.41, 5.74) is 0. The van der Waals surface area contributed by atoms with E-state index in [2.05, 4.69) is 55.7 Å². The first-order valence-corrected chi connectivity index (χ1v) is 27.7. The lowest BCUT2D eigenvalue weighted by atomic mass is 9.89. The van der Waals surface area contributed by atoms with Crippen LogP contribution in [0.1, 0.15) is 329 Å². The molecule has 0 aliphatic heterocycles. The summed E-state index contributed by atoms with van der Waals surface area (Å²) in [6, 6.07) is 0.695. The van der Waals surface area contributed by atoms with Crippen LogP contribution >= 0.6 is 0 Å². The van der Waals surface area contributed by atoms with E-state index in [0.717, 1.165) is 5.92 Å². The van der Waals surface area contributed by atoms with E-state index in [1.54, 1.807) is 0 Å². The second-order valence-electron chi connectivity index (χ2n) is 19.8. The molecule has 0 amide bonds. The summed E-state index contributed by atoms with van der Waals surface area (Å²) in [4.78, 5) is 0. The largest absolute Gasteiger partial charge is 0.243 e. The molecule has 1 unspecified atom stereocenters. The van der Waals surface area contributed by atoms with Gasteiger partial charge in [-0.1, -0.05) is 297 Å². The van der Waals surface area contributed by atoms with Gasteiger partial charge in [0, 0.05) is 0 Å². The highest BCUT2D eigenvalue weighted by Gasteiger charge is 2.17. The third-order valence-electron chi connectivity index (χ3n) is 13.9. The second kappa shape index (κ2) is 45.7. The molecule has 0 aliphatic carbocycles. The van der Waals surface area contributed by atoms with Crippen LogP contribution in [-0.2, 0) is 7.05 Å². The lowest BCUT2D eigenvalue weighted by molar-refractivity contribution is -0.671. The first kappa shape index (κ1) is 55.2. The van der Waals surface area contributed by atoms with Crippen molar-refractivity contribution in [3.8, 4) is 0 Å². The second-order valence-corrected chi connectivity index (χ2v) is 19.8. The summed E-state index contributed by atoms with van der Waals surface area (Å²) in [7, 11) is 2.19. The van der Waals surface area contributed by atoms with Crippen molar-refractivity contribution >= 4 is 0 Å². The number of nitrogens with zero attached hydrogens (tertiary/aromatic N) is 2. The molecule has 2 nitrogen and oxygen atoms in total. The van der Waals surface area contributed by atoms with E-state index in [0.29, 0.717) is 6.04 Å². The Hall–Kier alpha value is -0.790. The first-order valence-electron chi connectivity index (χ1n) is 27.7. The summed E-state index contributed by atoms with van der Waals surface area (Å²) >= 11 is 0. The third-order valence-corrected chi connectivity index (χ3v) is 13.9. The van der Waals surface area contributed by atoms with Gasteiger partial charge >= 0.3 is 0 Å². The average molecular weight is 813 g/mol. The van der Waals surface area contributed by atoms with E-state index in [9.17, 15) is 0 Å². The van der Waals surface area contributed by atoms with Crippen molar-refractivity contribution in [3.63, 3.8) is 0 Å². The molecule has 58 heavy (non-hydrogen) atoms. The molecule has 1 heterocycles. The Morgan fingerprint density at radius 3 is 0.793 bits per heavy atom. The van der Waals surface area contributed by atoms with Crippen LogP contribution in [-0.4, -0.2) is 4.57 Å². The van der Waals surface area contributed by atoms with Gasteiger partial charge in [-0.3, -0.25) is 0 Å². The summed E-state index contributed by atoms with van der Waals surface area (Å²) in [5.74, 6) is 0.980. The van der Waals surface area contributed by atoms with Gasteiger partial charge in [0.1, 0.15) is 18.4 Å². The number of aromatic nitrogens is 2. The number of unbranched alkanes of at least 4 members (excludes halogenated alkanes) is 38. The van der Waals surface area contributed by atoms with E-state index >= 15 is 0 Å². The zero-order chi connectivity index (χ0) is 41.7. The fraction of sp³-hybridized carbons (Fsp3) is 0.946. The van der Waals surface area contributed by atoms with Crippen LogP contribution in [0.25, 0.3) is 0 Å². The minimum absolute atomic E-state index is 0.695. The molecule has 0 N–H and O–H groups in total. The van der Waals surface area contributed by atoms with Crippen LogP contribution in [0.3, 0.4) is 0 Å². The van der Waals surface area contributed by atoms with E-state index < -0.39 is 0 Å². The predicted molar refractivity (Wildman–Crippen MR) is 262 cm³/mol. The quantitative estimate of drug-likeness (QED) is 0.0458. The standard InChI is InChI=1S/C56H111N2/c1-5-8-11-14-17-20-22-24-26-28-30-32-34-36-39-42-47-55(48-43-40-37-35-33-31-29-27-25-23-21-18-15-12-9-6-2)49-45-46-51-56(58-53-52-57(4)54-58)50-44-41-38-19-16-13-10-7-3/h52-56H,5-51H2,1-4H3/q+1. The molecule has 0 bridgehead atoms. The van der Waals surface area contributed by atoms with Gasteiger partial charge in [0.15, 0.2) is 0 Å². The van der Waals surface area contributed by atoms with Crippen molar-refractivity contribution in [1.82, 2.24) is 4.57 Å². The van der Waals surface area contributed by atoms with E-state index in [1.165, 1.54) is 302 Å². The van der Waals surface area contributed by atoms with Gasteiger partial charge in [-0.2, -0.15) is 0 Å². The summed E-state index contributed by atoms with van der Waals surface area (Å²) < 4.78 is 4.79. The van der Waals surface area contributed by atoms with Crippen molar-refractivity contribution in [1.29, 1.82) is 0 Å². The van der Waals surface area contributed by atoms with E-state index in [-0.39, 0.29) is 0 Å². The van der Waals surface area contributed by atoms with Gasteiger partial charge in [0.05, 0.1) is 7.05 Å². The molecule has 0 aliphatic rings. The van der Waals surface area contributed by atoms with Gasteiger partial charge in [-0.25, -0.2) is 9.13 Å². The maximum Gasteiger partial charge on any atom is 0.243 e. The molecule has 0 fully saturated rings. The molecule has 0 aromatic carbocycles. The SMILES string of the molecule is CCCCCCCCCCCCCCCCCCC(CCCCCCCCCCCCCCCCCC)CCCCC(CCCCCCCCCC)n1cc[n+](C)c1. The van der Waals surface area contributed by atoms with Crippen LogP contribution in [0.2, 0.25) is 0 Å². The topological polar surface area (TPSA) is 8.81 Å². The number of hydrogen-bond acceptors (Lipinski definition) is 0. The minimum atomic E-state index is 0.695. The van der Waals surface area contributed by atoms with Gasteiger partial charge in [-0.15, -0.1) is 0 Å². The fourth-order valence-electron chi connectivity index (χ4n) is 9.85. The van der Waals surface area contributed by atoms with Gasteiger partial charge in [0.25, 0.3) is 0 Å². The highest BCUT2D eigenvalue weighted by atomic mass is 15.1. The van der Waals surface area contributed by atoms with Crippen LogP contribution in [0, 0.1) is 5.92 Å². The van der Waals surface area contributed by atoms with Gasteiger partial charge in [0.2, 0.25) is 6.33 Å². The van der Waals surface area contributed by atoms with Crippen LogP contribution < -0.4 is 4.57 Å². The van der Waals surface area contributed by atoms with Crippen molar-refractivity contribution in [2.75, 3.05) is 0 Å². The molecule has 0 saturated heterocycles. The monoisotopic (exact) mass is 812 g/mol. The average Bonchev–Trinajstić information content (AvgIpc) is 3.67. The zero-order valence-electron chi connectivity index (χ0n) is 41.0. The molecule has 1 atom stereocenters. The number of imidazole rings is 1. The molecule has 0 spiro atoms. The highest BCUT2D eigenvalue weighted by molar-refractivity contribution is 4.76. The Morgan fingerprint density at radius 2 is 0.534 bits per heavy atom. The maximum absolute atomic E-state index is 2.55. The van der Waals surface area contributed by atoms with Crippen LogP contribution in [0.4, 0.5) is 0 Å². The van der Waals surface area contributed by atoms with Crippen molar-refractivity contribution < 1.29 is 4.57 Å². The summed E-state index contributed by atoms with van der Waals surface area (Å²) in [6.07, 6.45) is 75.5. The summed E-state index contributed by atoms with van der Waals surface area (Å²) in [5, 5.41) is 0. The lowest BCUT2D eigenvalue weighted by Crippen LogP contribution is -2.24. The molecule has 0 saturated carbocycles. The first-order chi connectivity index (χ1) is 28.7. The Balaban J connectivity index is 2.31. The van der Waals surface area contributed by atoms with Crippen LogP contribution in [0.5, 0.6) is 0 Å². The van der Waals surface area contributed by atoms with Crippen molar-refractivity contribution in [3.05, 3.63) is 18.7 Å². The third kappa shape index (κ3) is 38.2. The smallest absolute Gasteiger partial charge is 0.240 e. The van der Waals surface area contributed by atoms with E-state index in [1.807, 2.05) is 0 Å². The normalized spacial score (nSPS) is 12.4. The maximum atomic E-state index is 2.55. The molecular formula is C56H111N2+. The zero-order valence-corrected chi connectivity index (χ0v) is 41.0. The number of rotatable bonds is 49. The molecule has 0 radical (unpaired) electrons. The Labute approximate surface area is 368 Å². The predicted octanol–water partition coefficient (Wildman–Crippen LogP) is 19.9. The van der Waals surface area contributed by atoms with Crippen molar-refractivity contribution in [2.45, 2.75) is 329 Å². The van der Waals surface area contributed by atoms with Gasteiger partial charge < -0.3 is 0 Å². The number of hydrogen-bond donors (Lipinski definition) is 0. The number of aryl methyl sites for hydroxylation is 1. The molecular weight excluding hydrogens is 701 g/mol. The molecule has 1 aromatic rings. The minimum Gasteiger partial charge on any atom is -0.240 e. The lowest BCUT2D eigenvalue weighted by Gasteiger charge is -2.18. The fourth-order valence-corrected chi connectivity index (χ4v) is 9.85. The highest BCUT2D eigenvalue weighted by Crippen LogP contribution is 2.28. The van der Waals surface area contributed by atoms with E-state index in [4.69, 9.17) is 0 Å².